The lowest BCUT2D eigenvalue weighted by molar-refractivity contribution is -0.115. The maximum Gasteiger partial charge on any atom is 0.481 e. The van der Waals surface area contributed by atoms with Crippen LogP contribution in [0.4, 0.5) is 5.82 Å². The molecule has 0 radical (unpaired) electrons. The number of carbonyl (C=O) groups is 1. The second kappa shape index (κ2) is 13.9. The van der Waals surface area contributed by atoms with Crippen LogP contribution in [0.15, 0.2) is 36.7 Å². The molecule has 2 aromatic rings. The number of fused-ring (bicyclic) bond motifs is 1. The number of carbonyl (C=O) groups excluding carboxylic acids is 1. The van der Waals surface area contributed by atoms with Crippen molar-refractivity contribution in [3.8, 4) is 0 Å². The molecule has 48 heavy (non-hydrogen) atoms. The van der Waals surface area contributed by atoms with E-state index in [2.05, 4.69) is 28.3 Å². The van der Waals surface area contributed by atoms with E-state index in [1.807, 2.05) is 0 Å². The number of ether oxygens (including phenoxy) is 2. The lowest BCUT2D eigenvalue weighted by Crippen LogP contribution is -2.40. The molecule has 11 N–H and O–H groups in total. The van der Waals surface area contributed by atoms with E-state index in [9.17, 15) is 53.4 Å². The number of hydrogen-bond donors (Lipinski definition) is 9. The van der Waals surface area contributed by atoms with Gasteiger partial charge in [0.2, 0.25) is 5.91 Å². The van der Waals surface area contributed by atoms with Crippen molar-refractivity contribution in [3.05, 3.63) is 36.7 Å². The number of rotatable bonds is 13. The van der Waals surface area contributed by atoms with Crippen molar-refractivity contribution in [1.82, 2.24) is 24.4 Å². The Morgan fingerprint density at radius 3 is 2.23 bits per heavy atom. The van der Waals surface area contributed by atoms with Crippen molar-refractivity contribution in [1.29, 1.82) is 0 Å². The number of nitrogens with zero attached hydrogens (tertiary/aromatic N) is 5. The number of allylic oxidation sites excluding steroid dienone is 1. The van der Waals surface area contributed by atoms with Crippen LogP contribution >= 0.6 is 23.5 Å². The molecule has 266 valence electrons. The van der Waals surface area contributed by atoms with Crippen molar-refractivity contribution in [2.45, 2.75) is 55.5 Å². The molecule has 0 bridgehead atoms. The minimum Gasteiger partial charge on any atom is -0.387 e. The van der Waals surface area contributed by atoms with Gasteiger partial charge in [-0.05, 0) is 6.40 Å². The summed E-state index contributed by atoms with van der Waals surface area (Å²) in [5.74, 6) is -0.987. The Bertz CT molecular complexity index is 1780. The molecule has 2 fully saturated rings. The molecule has 3 aliphatic rings. The number of aliphatic hydroxyl groups excluding tert-OH is 3. The Hall–Kier alpha value is -2.73. The number of imidazole rings is 1. The normalized spacial score (nSPS) is 33.7. The second-order valence-electron chi connectivity index (χ2n) is 10.3. The smallest absolute Gasteiger partial charge is 0.387 e. The second-order valence-corrected chi connectivity index (χ2v) is 14.5. The molecule has 24 nitrogen and oxygen atoms in total. The predicted molar refractivity (Wildman–Crippen MR) is 153 cm³/mol. The van der Waals surface area contributed by atoms with Gasteiger partial charge >= 0.3 is 23.5 Å². The van der Waals surface area contributed by atoms with Crippen molar-refractivity contribution in [2.24, 2.45) is 5.73 Å². The van der Waals surface area contributed by atoms with Gasteiger partial charge < -0.3 is 60.7 Å². The quantitative estimate of drug-likeness (QED) is 0.0951. The summed E-state index contributed by atoms with van der Waals surface area (Å²) < 4.78 is 75.0. The van der Waals surface area contributed by atoms with E-state index in [1.165, 1.54) is 12.3 Å². The van der Waals surface area contributed by atoms with E-state index in [1.54, 1.807) is 0 Å². The van der Waals surface area contributed by atoms with Crippen LogP contribution in [0.1, 0.15) is 14.0 Å². The maximum absolute atomic E-state index is 12.6. The van der Waals surface area contributed by atoms with Crippen molar-refractivity contribution < 1.29 is 82.1 Å². The minimum atomic E-state index is -5.54. The van der Waals surface area contributed by atoms with Crippen LogP contribution in [0, 0.1) is 0 Å². The zero-order valence-corrected chi connectivity index (χ0v) is 26.6. The lowest BCUT2D eigenvalue weighted by atomic mass is 10.1. The number of nitrogens with two attached hydrogens (primary N) is 2. The van der Waals surface area contributed by atoms with Crippen LogP contribution in [0.2, 0.25) is 0 Å². The molecule has 2 aromatic heterocycles. The van der Waals surface area contributed by atoms with Gasteiger partial charge in [0.15, 0.2) is 23.9 Å². The third-order valence-electron chi connectivity index (χ3n) is 6.98. The van der Waals surface area contributed by atoms with E-state index >= 15 is 0 Å². The molecular formula is C21H30N7O17P3. The average Bonchev–Trinajstić information content (AvgIpc) is 3.64. The Balaban J connectivity index is 1.20. The van der Waals surface area contributed by atoms with E-state index in [-0.39, 0.29) is 22.6 Å². The molecule has 0 aliphatic carbocycles. The van der Waals surface area contributed by atoms with Crippen molar-refractivity contribution in [3.63, 3.8) is 0 Å². The zero-order chi connectivity index (χ0) is 36.1. The highest BCUT2D eigenvalue weighted by Gasteiger charge is 2.51. The molecule has 11 atom stereocenters. The van der Waals surface area contributed by atoms with Gasteiger partial charge in [0.05, 0.1) is 19.5 Å². The predicted octanol–water partition coefficient (Wildman–Crippen LogP) is -2.57. The van der Waals surface area contributed by atoms with Gasteiger partial charge in [-0.15, -0.1) is 0 Å². The molecule has 5 heterocycles. The fraction of sp³-hybridized carbons (Fsp3) is 0.524. The third kappa shape index (κ3) is 8.17. The first kappa shape index (κ1) is 35.1. The lowest BCUT2D eigenvalue weighted by Gasteiger charge is -2.28. The van der Waals surface area contributed by atoms with E-state index in [0.717, 1.165) is 28.3 Å². The van der Waals surface area contributed by atoms with Crippen LogP contribution < -0.4 is 11.5 Å². The first-order valence-electron chi connectivity index (χ1n) is 13.9. The number of phosphoric ester groups is 3. The highest BCUT2D eigenvalue weighted by molar-refractivity contribution is 7.61. The Morgan fingerprint density at radius 1 is 0.979 bits per heavy atom. The largest absolute Gasteiger partial charge is 0.481 e. The van der Waals surface area contributed by atoms with Crippen molar-refractivity contribution >= 4 is 46.4 Å². The number of anilines is 1. The number of nitrogen functional groups attached to an aromatic ring is 1. The van der Waals surface area contributed by atoms with Gasteiger partial charge in [-0.2, -0.15) is 4.31 Å². The summed E-state index contributed by atoms with van der Waals surface area (Å²) in [6, 6.07) is 0. The van der Waals surface area contributed by atoms with Gasteiger partial charge in [0.1, 0.15) is 48.5 Å². The molecule has 27 heteroatoms. The van der Waals surface area contributed by atoms with E-state index in [0.29, 0.717) is 0 Å². The number of amides is 1. The van der Waals surface area contributed by atoms with Crippen molar-refractivity contribution in [2.75, 3.05) is 18.9 Å². The Kier molecular flexibility index (Phi) is 10.2. The first-order chi connectivity index (χ1) is 22.8. The standard InChI is InChI=1S/C21H30N7O17P3/c22-17-12-19(25-7-24-17)28(8-26-12)21-16(44-46(33,34)35)14(30)11(43-21)6-41-48(38,39)45-47(36,37)40-5-10-13(29)15(31)20(42-10)27-3-1-2-9(4-27)18(23)32/h1,3-4,7-8,10-11,13-16,20-21,29-31H,2,5-6H2,(H2,23,32)(H,36,37)(H,38,39)(H2,22,24,25)(H2,33,34,35)/t10-,11-,13?,14?,15+,16+,20-,21-/m1/s1/i2D/t2-,10+,11+,13?,14?,15-,16-,20+,21+/m0. The highest BCUT2D eigenvalue weighted by atomic mass is 31.3. The molecule has 2 saturated heterocycles. The number of aromatic nitrogens is 4. The monoisotopic (exact) mass is 746 g/mol. The third-order valence-corrected chi connectivity index (χ3v) is 10.1. The van der Waals surface area contributed by atoms with Crippen LogP contribution in [0.5, 0.6) is 0 Å². The summed E-state index contributed by atoms with van der Waals surface area (Å²) >= 11 is 0. The number of primary amides is 1. The molecule has 5 rings (SSSR count). The van der Waals surface area contributed by atoms with Gasteiger partial charge in [-0.25, -0.2) is 28.6 Å². The zero-order valence-electron chi connectivity index (χ0n) is 24.9. The Labute approximate surface area is 270 Å². The van der Waals surface area contributed by atoms with Gasteiger partial charge in [-0.3, -0.25) is 22.9 Å². The van der Waals surface area contributed by atoms with Crippen LogP contribution in [0.25, 0.3) is 11.2 Å². The maximum atomic E-state index is 12.6. The molecule has 3 aliphatic heterocycles. The topological polar surface area (TPSA) is 364 Å². The average molecular weight is 746 g/mol. The number of phosphoric acid groups is 3. The first-order valence-corrected chi connectivity index (χ1v) is 17.9. The SMILES string of the molecule is [2H][C@H]1C=CN([C@@H]2O[C@H](COP(=O)(O)OP(=O)(O)OC[C@H]3O[C@@H](n4cnc5c(N)ncnc54)[C@@H](OP(=O)(O)O)C3O)C(O)[C@@H]2O)C=C1C(N)=O. The molecule has 0 spiro atoms. The molecular weight excluding hydrogens is 715 g/mol. The fourth-order valence-corrected chi connectivity index (χ4v) is 7.47. The number of hydrogen-bond acceptors (Lipinski definition) is 18. The van der Waals surface area contributed by atoms with Gasteiger partial charge in [0, 0.05) is 19.3 Å². The van der Waals surface area contributed by atoms with Gasteiger partial charge in [0.25, 0.3) is 0 Å². The van der Waals surface area contributed by atoms with Gasteiger partial charge in [-0.1, -0.05) is 6.08 Å². The van der Waals surface area contributed by atoms with Crippen LogP contribution in [0.3, 0.4) is 0 Å². The summed E-state index contributed by atoms with van der Waals surface area (Å²) in [5.41, 5.74) is 10.9. The van der Waals surface area contributed by atoms with Crippen LogP contribution in [-0.2, 0) is 45.8 Å². The fourth-order valence-electron chi connectivity index (χ4n) is 4.83. The van der Waals surface area contributed by atoms with E-state index < -0.39 is 98.1 Å². The minimum absolute atomic E-state index is 0.00363. The molecule has 4 unspecified atom stereocenters. The molecule has 0 saturated carbocycles. The number of aliphatic hydroxyl groups is 3. The summed E-state index contributed by atoms with van der Waals surface area (Å²) in [7, 11) is -16.3. The summed E-state index contributed by atoms with van der Waals surface area (Å²) in [6.07, 6.45) is -8.74. The molecule has 1 amide bonds. The molecule has 0 aromatic carbocycles. The summed E-state index contributed by atoms with van der Waals surface area (Å²) in [5, 5.41) is 31.6. The summed E-state index contributed by atoms with van der Waals surface area (Å²) in [6.45, 7) is -2.08. The Morgan fingerprint density at radius 2 is 1.60 bits per heavy atom. The summed E-state index contributed by atoms with van der Waals surface area (Å²) in [4.78, 5) is 63.4. The van der Waals surface area contributed by atoms with E-state index in [4.69, 9.17) is 26.8 Å². The highest BCUT2D eigenvalue weighted by Crippen LogP contribution is 2.61. The van der Waals surface area contributed by atoms with Crippen LogP contribution in [-0.4, -0.2) is 121 Å².